The van der Waals surface area contributed by atoms with Crippen LogP contribution in [-0.4, -0.2) is 35.5 Å². The molecule has 0 saturated heterocycles. The molecule has 0 spiro atoms. The maximum absolute atomic E-state index is 9.27. The van der Waals surface area contributed by atoms with Gasteiger partial charge in [0.2, 0.25) is 0 Å². The van der Waals surface area contributed by atoms with Crippen molar-refractivity contribution in [3.05, 3.63) is 0 Å². The molecule has 0 fully saturated rings. The Morgan fingerprint density at radius 2 is 1.90 bits per heavy atom. The zero-order valence-corrected chi connectivity index (χ0v) is 6.83. The highest BCUT2D eigenvalue weighted by atomic mass is 16.3. The Morgan fingerprint density at radius 1 is 1.40 bits per heavy atom. The zero-order valence-electron chi connectivity index (χ0n) is 6.83. The number of hydrogen-bond acceptors (Lipinski definition) is 3. The molecule has 0 rings (SSSR count). The lowest BCUT2D eigenvalue weighted by atomic mass is 10.1. The van der Waals surface area contributed by atoms with Crippen molar-refractivity contribution in [1.29, 1.82) is 0 Å². The van der Waals surface area contributed by atoms with Gasteiger partial charge in [-0.3, -0.25) is 0 Å². The minimum atomic E-state index is -0.657. The molecule has 0 saturated carbocycles. The molecule has 3 nitrogen and oxygen atoms in total. The molecule has 3 heteroatoms. The third-order valence-corrected chi connectivity index (χ3v) is 1.78. The van der Waals surface area contributed by atoms with Crippen LogP contribution in [0.2, 0.25) is 0 Å². The maximum Gasteiger partial charge on any atom is 0.0948 e. The predicted molar refractivity (Wildman–Crippen MR) is 40.8 cm³/mol. The minimum absolute atomic E-state index is 0.0463. The normalized spacial score (nSPS) is 20.1. The summed E-state index contributed by atoms with van der Waals surface area (Å²) in [5.74, 6) is 0. The van der Waals surface area contributed by atoms with Crippen LogP contribution >= 0.6 is 0 Å². The van der Waals surface area contributed by atoms with Gasteiger partial charge in [0.05, 0.1) is 12.2 Å². The largest absolute Gasteiger partial charge is 0.390 e. The van der Waals surface area contributed by atoms with Crippen LogP contribution in [0.5, 0.6) is 0 Å². The Morgan fingerprint density at radius 3 is 2.20 bits per heavy atom. The Bertz CT molecular complexity index is 77.7. The van der Waals surface area contributed by atoms with E-state index in [4.69, 9.17) is 5.11 Å². The Hall–Kier alpha value is -0.120. The molecule has 0 bridgehead atoms. The van der Waals surface area contributed by atoms with Gasteiger partial charge in [0.15, 0.2) is 0 Å². The van der Waals surface area contributed by atoms with Gasteiger partial charge in [-0.25, -0.2) is 0 Å². The molecule has 3 N–H and O–H groups in total. The Balaban J connectivity index is 3.69. The molecule has 0 aromatic heterocycles. The van der Waals surface area contributed by atoms with Gasteiger partial charge in [-0.15, -0.1) is 0 Å². The second kappa shape index (κ2) is 4.66. The van der Waals surface area contributed by atoms with Crippen molar-refractivity contribution in [3.63, 3.8) is 0 Å². The number of nitrogens with one attached hydrogen (secondary N) is 1. The molecular weight excluding hydrogens is 130 g/mol. The number of rotatable bonds is 4. The summed E-state index contributed by atoms with van der Waals surface area (Å²) in [7, 11) is 1.76. The maximum atomic E-state index is 9.27. The summed E-state index contributed by atoms with van der Waals surface area (Å²) < 4.78 is 0. The van der Waals surface area contributed by atoms with Gasteiger partial charge >= 0.3 is 0 Å². The van der Waals surface area contributed by atoms with E-state index in [2.05, 4.69) is 5.32 Å². The minimum Gasteiger partial charge on any atom is -0.390 e. The highest BCUT2D eigenvalue weighted by molar-refractivity contribution is 4.75. The second-order valence-corrected chi connectivity index (χ2v) is 2.54. The average molecular weight is 147 g/mol. The van der Waals surface area contributed by atoms with E-state index in [1.165, 1.54) is 0 Å². The van der Waals surface area contributed by atoms with Crippen LogP contribution < -0.4 is 5.32 Å². The molecule has 62 valence electrons. The van der Waals surface area contributed by atoms with Gasteiger partial charge in [0.25, 0.3) is 0 Å². The van der Waals surface area contributed by atoms with E-state index in [1.807, 2.05) is 13.8 Å². The summed E-state index contributed by atoms with van der Waals surface area (Å²) in [5.41, 5.74) is 0. The van der Waals surface area contributed by atoms with Gasteiger partial charge in [-0.2, -0.15) is 0 Å². The SMILES string of the molecule is CCC(O)C(O)[C@H](C)NC. The highest BCUT2D eigenvalue weighted by Crippen LogP contribution is 2.01. The first-order chi connectivity index (χ1) is 4.63. The molecule has 10 heavy (non-hydrogen) atoms. The van der Waals surface area contributed by atoms with Gasteiger partial charge < -0.3 is 15.5 Å². The molecule has 0 aliphatic rings. The van der Waals surface area contributed by atoms with Crippen molar-refractivity contribution in [2.75, 3.05) is 7.05 Å². The van der Waals surface area contributed by atoms with Crippen LogP contribution in [0.1, 0.15) is 20.3 Å². The van der Waals surface area contributed by atoms with E-state index in [1.54, 1.807) is 7.05 Å². The lowest BCUT2D eigenvalue weighted by Crippen LogP contribution is -2.42. The summed E-state index contributed by atoms with van der Waals surface area (Å²) in [6, 6.07) is -0.0463. The second-order valence-electron chi connectivity index (χ2n) is 2.54. The summed E-state index contributed by atoms with van der Waals surface area (Å²) in [6.45, 7) is 3.68. The van der Waals surface area contributed by atoms with Gasteiger partial charge in [0, 0.05) is 6.04 Å². The van der Waals surface area contributed by atoms with Gasteiger partial charge in [-0.1, -0.05) is 6.92 Å². The van der Waals surface area contributed by atoms with Gasteiger partial charge in [-0.05, 0) is 20.4 Å². The van der Waals surface area contributed by atoms with E-state index >= 15 is 0 Å². The average Bonchev–Trinajstić information content (AvgIpc) is 2.00. The van der Waals surface area contributed by atoms with Gasteiger partial charge in [0.1, 0.15) is 0 Å². The van der Waals surface area contributed by atoms with Crippen molar-refractivity contribution in [1.82, 2.24) is 5.32 Å². The van der Waals surface area contributed by atoms with E-state index < -0.39 is 12.2 Å². The van der Waals surface area contributed by atoms with E-state index in [0.29, 0.717) is 6.42 Å². The van der Waals surface area contributed by atoms with E-state index in [-0.39, 0.29) is 6.04 Å². The molecule has 0 radical (unpaired) electrons. The van der Waals surface area contributed by atoms with Crippen molar-refractivity contribution in [2.24, 2.45) is 0 Å². The summed E-state index contributed by atoms with van der Waals surface area (Å²) in [6.07, 6.45) is -0.676. The third-order valence-electron chi connectivity index (χ3n) is 1.78. The number of aliphatic hydroxyl groups excluding tert-OH is 2. The number of aliphatic hydroxyl groups is 2. The van der Waals surface area contributed by atoms with Crippen LogP contribution in [0.25, 0.3) is 0 Å². The lowest BCUT2D eigenvalue weighted by Gasteiger charge is -2.22. The smallest absolute Gasteiger partial charge is 0.0948 e. The quantitative estimate of drug-likeness (QED) is 0.513. The molecule has 0 aliphatic heterocycles. The van der Waals surface area contributed by atoms with Crippen molar-refractivity contribution >= 4 is 0 Å². The Labute approximate surface area is 62.1 Å². The number of hydrogen-bond donors (Lipinski definition) is 3. The third kappa shape index (κ3) is 2.64. The molecule has 0 aromatic carbocycles. The number of likely N-dealkylation sites (N-methyl/N-ethyl adjacent to an activating group) is 1. The molecule has 0 aliphatic carbocycles. The fraction of sp³-hybridized carbons (Fsp3) is 1.00. The molecular formula is C7H17NO2. The van der Waals surface area contributed by atoms with Crippen LogP contribution in [-0.2, 0) is 0 Å². The van der Waals surface area contributed by atoms with Crippen LogP contribution in [0.3, 0.4) is 0 Å². The summed E-state index contributed by atoms with van der Waals surface area (Å²) in [5, 5.41) is 21.3. The first-order valence-corrected chi connectivity index (χ1v) is 3.66. The molecule has 0 heterocycles. The topological polar surface area (TPSA) is 52.5 Å². The molecule has 3 atom stereocenters. The first kappa shape index (κ1) is 9.88. The summed E-state index contributed by atoms with van der Waals surface area (Å²) >= 11 is 0. The van der Waals surface area contributed by atoms with E-state index in [9.17, 15) is 5.11 Å². The fourth-order valence-corrected chi connectivity index (χ4v) is 0.745. The standard InChI is InChI=1S/C7H17NO2/c1-4-6(9)7(10)5(2)8-3/h5-10H,4H2,1-3H3/t5-,6?,7?/m0/s1. The Kier molecular flexibility index (Phi) is 4.60. The van der Waals surface area contributed by atoms with Crippen molar-refractivity contribution in [2.45, 2.75) is 38.5 Å². The van der Waals surface area contributed by atoms with Crippen molar-refractivity contribution in [3.8, 4) is 0 Å². The van der Waals surface area contributed by atoms with E-state index in [0.717, 1.165) is 0 Å². The first-order valence-electron chi connectivity index (χ1n) is 3.66. The van der Waals surface area contributed by atoms with Crippen molar-refractivity contribution < 1.29 is 10.2 Å². The molecule has 0 amide bonds. The fourth-order valence-electron chi connectivity index (χ4n) is 0.745. The highest BCUT2D eigenvalue weighted by Gasteiger charge is 2.19. The van der Waals surface area contributed by atoms with Crippen LogP contribution in [0, 0.1) is 0 Å². The summed E-state index contributed by atoms with van der Waals surface area (Å²) in [4.78, 5) is 0. The molecule has 2 unspecified atom stereocenters. The monoisotopic (exact) mass is 147 g/mol. The zero-order chi connectivity index (χ0) is 8.15. The van der Waals surface area contributed by atoms with Crippen LogP contribution in [0.4, 0.5) is 0 Å². The molecule has 0 aromatic rings. The predicted octanol–water partition coefficient (Wildman–Crippen LogP) is -0.274. The lowest BCUT2D eigenvalue weighted by molar-refractivity contribution is -0.000187. The van der Waals surface area contributed by atoms with Crippen LogP contribution in [0.15, 0.2) is 0 Å².